The van der Waals surface area contributed by atoms with Gasteiger partial charge in [-0.05, 0) is 24.3 Å². The van der Waals surface area contributed by atoms with Gasteiger partial charge in [0.2, 0.25) is 21.9 Å². The third-order valence-corrected chi connectivity index (χ3v) is 9.77. The molecule has 0 aliphatic carbocycles. The normalized spacial score (nSPS) is 15.4. The van der Waals surface area contributed by atoms with Crippen molar-refractivity contribution >= 4 is 65.9 Å². The van der Waals surface area contributed by atoms with Gasteiger partial charge in [0.25, 0.3) is 5.56 Å². The van der Waals surface area contributed by atoms with Crippen molar-refractivity contribution in [3.63, 3.8) is 0 Å². The third kappa shape index (κ3) is 7.62. The summed E-state index contributed by atoms with van der Waals surface area (Å²) in [5.74, 6) is 0.620. The Hall–Kier alpha value is -3.41. The summed E-state index contributed by atoms with van der Waals surface area (Å²) in [4.78, 5) is 24.0. The molecule has 3 aromatic heterocycles. The summed E-state index contributed by atoms with van der Waals surface area (Å²) >= 11 is 12.7. The summed E-state index contributed by atoms with van der Waals surface area (Å²) in [6, 6.07) is 8.16. The summed E-state index contributed by atoms with van der Waals surface area (Å²) < 4.78 is 56.5. The first-order chi connectivity index (χ1) is 20.8. The zero-order valence-electron chi connectivity index (χ0n) is 23.6. The van der Waals surface area contributed by atoms with Gasteiger partial charge in [0.05, 0.1) is 33.4 Å². The fraction of sp³-hybridized carbons (Fsp3) is 0.346. The van der Waals surface area contributed by atoms with Gasteiger partial charge in [-0.2, -0.15) is 4.98 Å². The minimum absolute atomic E-state index is 0.0958. The monoisotopic (exact) mass is 682 g/mol. The van der Waals surface area contributed by atoms with Crippen molar-refractivity contribution in [1.82, 2.24) is 34.4 Å². The molecule has 1 aliphatic heterocycles. The molecule has 44 heavy (non-hydrogen) atoms. The van der Waals surface area contributed by atoms with Crippen LogP contribution in [0, 0.1) is 0 Å². The number of hydrogen-bond acceptors (Lipinski definition) is 12. The van der Waals surface area contributed by atoms with E-state index in [-0.39, 0.29) is 47.9 Å². The van der Waals surface area contributed by atoms with Crippen LogP contribution in [0.3, 0.4) is 0 Å². The quantitative estimate of drug-likeness (QED) is 0.249. The van der Waals surface area contributed by atoms with Crippen LogP contribution in [0.25, 0.3) is 22.2 Å². The number of nitrogens with zero attached hydrogens (tertiary/aromatic N) is 6. The summed E-state index contributed by atoms with van der Waals surface area (Å²) in [7, 11) is -4.96. The Morgan fingerprint density at radius 2 is 1.80 bits per heavy atom. The lowest BCUT2D eigenvalue weighted by atomic mass is 10.1. The Bertz CT molecular complexity index is 1970. The zero-order valence-corrected chi connectivity index (χ0v) is 26.8. The summed E-state index contributed by atoms with van der Waals surface area (Å²) in [6.45, 7) is 1.35. The van der Waals surface area contributed by atoms with Crippen LogP contribution in [0.1, 0.15) is 5.56 Å². The Kier molecular flexibility index (Phi) is 9.38. The van der Waals surface area contributed by atoms with E-state index in [0.29, 0.717) is 57.4 Å². The highest BCUT2D eigenvalue weighted by molar-refractivity contribution is 7.91. The Morgan fingerprint density at radius 1 is 1.09 bits per heavy atom. The number of aryl methyl sites for hydroxylation is 1. The smallest absolute Gasteiger partial charge is 0.259 e. The van der Waals surface area contributed by atoms with Crippen molar-refractivity contribution in [1.29, 1.82) is 0 Å². The van der Waals surface area contributed by atoms with Gasteiger partial charge >= 0.3 is 0 Å². The minimum atomic E-state index is -3.53. The molecule has 1 fully saturated rings. The van der Waals surface area contributed by atoms with Gasteiger partial charge in [-0.15, -0.1) is 10.2 Å². The molecule has 1 saturated heterocycles. The molecule has 0 radical (unpaired) electrons. The molecule has 4 heterocycles. The standard InChI is InChI=1S/C26H28Cl2N8O6S2/c1-35-23-16(12-18(25(35)37)22-19(27)4-3-5-20(22)28)14-29-26(32-23)31-21-13-17(15-30-43(2,38)39)24(34-33-21)42-9-6-36-7-10-44(40,41)11-8-36/h3-5,12-14,30H,6-11,15H2,1-2H3,(H,29,31,32,33). The Morgan fingerprint density at radius 3 is 2.48 bits per heavy atom. The van der Waals surface area contributed by atoms with Gasteiger partial charge < -0.3 is 10.1 Å². The number of ether oxygens (including phenoxy) is 1. The molecule has 0 bridgehead atoms. The van der Waals surface area contributed by atoms with Crippen molar-refractivity contribution in [2.75, 3.05) is 49.3 Å². The number of pyridine rings is 1. The number of fused-ring (bicyclic) bond motifs is 1. The van der Waals surface area contributed by atoms with Crippen LogP contribution >= 0.6 is 23.2 Å². The van der Waals surface area contributed by atoms with Crippen LogP contribution in [0.4, 0.5) is 11.8 Å². The van der Waals surface area contributed by atoms with Crippen molar-refractivity contribution in [2.24, 2.45) is 7.05 Å². The van der Waals surface area contributed by atoms with Gasteiger partial charge in [0.1, 0.15) is 12.3 Å². The largest absolute Gasteiger partial charge is 0.475 e. The molecule has 18 heteroatoms. The lowest BCUT2D eigenvalue weighted by Gasteiger charge is -2.26. The number of rotatable bonds is 10. The molecule has 5 rings (SSSR count). The highest BCUT2D eigenvalue weighted by atomic mass is 35.5. The maximum Gasteiger partial charge on any atom is 0.259 e. The molecule has 14 nitrogen and oxygen atoms in total. The average molecular weight is 684 g/mol. The molecule has 1 aliphatic rings. The van der Waals surface area contributed by atoms with Crippen LogP contribution in [0.2, 0.25) is 10.0 Å². The fourth-order valence-electron chi connectivity index (χ4n) is 4.54. The van der Waals surface area contributed by atoms with Crippen molar-refractivity contribution in [2.45, 2.75) is 6.54 Å². The van der Waals surface area contributed by atoms with Crippen molar-refractivity contribution in [3.8, 4) is 17.0 Å². The van der Waals surface area contributed by atoms with Gasteiger partial charge in [-0.3, -0.25) is 14.3 Å². The first-order valence-electron chi connectivity index (χ1n) is 13.2. The third-order valence-electron chi connectivity index (χ3n) is 6.86. The van der Waals surface area contributed by atoms with Crippen molar-refractivity contribution in [3.05, 3.63) is 62.5 Å². The molecular weight excluding hydrogens is 655 g/mol. The van der Waals surface area contributed by atoms with Crippen LogP contribution in [-0.4, -0.2) is 90.5 Å². The molecule has 0 amide bonds. The van der Waals surface area contributed by atoms with E-state index in [2.05, 4.69) is 30.2 Å². The summed E-state index contributed by atoms with van der Waals surface area (Å²) in [5.41, 5.74) is 1.08. The minimum Gasteiger partial charge on any atom is -0.475 e. The second-order valence-corrected chi connectivity index (χ2v) is 15.1. The van der Waals surface area contributed by atoms with E-state index in [4.69, 9.17) is 27.9 Å². The molecule has 0 unspecified atom stereocenters. The van der Waals surface area contributed by atoms with Crippen LogP contribution in [-0.2, 0) is 33.5 Å². The number of anilines is 2. The summed E-state index contributed by atoms with van der Waals surface area (Å²) in [5, 5.41) is 12.4. The van der Waals surface area contributed by atoms with Crippen LogP contribution in [0.15, 0.2) is 41.3 Å². The van der Waals surface area contributed by atoms with Crippen LogP contribution in [0.5, 0.6) is 5.88 Å². The number of halogens is 2. The second-order valence-electron chi connectivity index (χ2n) is 10.1. The lowest BCUT2D eigenvalue weighted by Crippen LogP contribution is -2.42. The van der Waals surface area contributed by atoms with E-state index >= 15 is 0 Å². The van der Waals surface area contributed by atoms with E-state index < -0.39 is 19.9 Å². The second kappa shape index (κ2) is 12.9. The summed E-state index contributed by atoms with van der Waals surface area (Å²) in [6.07, 6.45) is 2.56. The number of benzene rings is 1. The number of hydrogen-bond donors (Lipinski definition) is 2. The predicted molar refractivity (Wildman–Crippen MR) is 168 cm³/mol. The van der Waals surface area contributed by atoms with E-state index in [1.807, 2.05) is 4.90 Å². The maximum absolute atomic E-state index is 13.3. The first kappa shape index (κ1) is 32.0. The number of sulfonamides is 1. The molecule has 4 aromatic rings. The Labute approximate surface area is 263 Å². The van der Waals surface area contributed by atoms with E-state index in [9.17, 15) is 21.6 Å². The first-order valence-corrected chi connectivity index (χ1v) is 17.7. The average Bonchev–Trinajstić information content (AvgIpc) is 2.96. The molecule has 2 N–H and O–H groups in total. The maximum atomic E-state index is 13.3. The highest BCUT2D eigenvalue weighted by Gasteiger charge is 2.22. The van der Waals surface area contributed by atoms with Gasteiger partial charge in [-0.1, -0.05) is 29.3 Å². The lowest BCUT2D eigenvalue weighted by molar-refractivity contribution is 0.212. The molecule has 0 spiro atoms. The van der Waals surface area contributed by atoms with Gasteiger partial charge in [-0.25, -0.2) is 26.5 Å². The van der Waals surface area contributed by atoms with Gasteiger partial charge in [0.15, 0.2) is 15.7 Å². The SMILES string of the molecule is Cn1c(=O)c(-c2c(Cl)cccc2Cl)cc2cnc(Nc3cc(CNS(C)(=O)=O)c(OCCN4CCS(=O)(=O)CC4)nn3)nc21. The van der Waals surface area contributed by atoms with E-state index in [1.54, 1.807) is 37.4 Å². The highest BCUT2D eigenvalue weighted by Crippen LogP contribution is 2.33. The predicted octanol–water partition coefficient (Wildman–Crippen LogP) is 1.99. The van der Waals surface area contributed by atoms with E-state index in [1.165, 1.54) is 10.8 Å². The molecule has 234 valence electrons. The fourth-order valence-corrected chi connectivity index (χ4v) is 6.83. The molecule has 0 atom stereocenters. The zero-order chi connectivity index (χ0) is 31.6. The van der Waals surface area contributed by atoms with Gasteiger partial charge in [0, 0.05) is 55.9 Å². The van der Waals surface area contributed by atoms with Crippen LogP contribution < -0.4 is 20.3 Å². The Balaban J connectivity index is 1.37. The number of aromatic nitrogens is 5. The molecule has 1 aromatic carbocycles. The molecule has 0 saturated carbocycles. The van der Waals surface area contributed by atoms with Crippen molar-refractivity contribution < 1.29 is 21.6 Å². The van der Waals surface area contributed by atoms with E-state index in [0.717, 1.165) is 6.26 Å². The topological polar surface area (TPSA) is 178 Å². The number of nitrogens with one attached hydrogen (secondary N) is 2. The number of sulfone groups is 1. The molecular formula is C26H28Cl2N8O6S2.